The van der Waals surface area contributed by atoms with Crippen molar-refractivity contribution in [2.75, 3.05) is 20.2 Å². The minimum Gasteiger partial charge on any atom is -0.494 e. The molecule has 1 saturated heterocycles. The van der Waals surface area contributed by atoms with Crippen LogP contribution in [0.1, 0.15) is 36.0 Å². The lowest BCUT2D eigenvalue weighted by Crippen LogP contribution is -2.38. The highest BCUT2D eigenvalue weighted by atomic mass is 19.1. The van der Waals surface area contributed by atoms with E-state index < -0.39 is 5.82 Å². The van der Waals surface area contributed by atoms with E-state index in [0.29, 0.717) is 12.3 Å². The molecule has 1 aliphatic heterocycles. The number of ether oxygens (including phenoxy) is 2. The van der Waals surface area contributed by atoms with Crippen LogP contribution in [0.5, 0.6) is 17.2 Å². The maximum Gasteiger partial charge on any atom is 0.245 e. The Hall–Kier alpha value is -4.20. The van der Waals surface area contributed by atoms with Crippen LogP contribution < -0.4 is 9.47 Å². The molecule has 2 aromatic heterocycles. The summed E-state index contributed by atoms with van der Waals surface area (Å²) in [7, 11) is 1.42. The maximum absolute atomic E-state index is 14.5. The Labute approximate surface area is 215 Å². The molecule has 0 saturated carbocycles. The number of likely N-dealkylation sites (tertiary alicyclic amines) is 1. The quantitative estimate of drug-likeness (QED) is 0.311. The van der Waals surface area contributed by atoms with Crippen LogP contribution in [0.2, 0.25) is 0 Å². The molecular weight excluding hydrogens is 471 g/mol. The van der Waals surface area contributed by atoms with E-state index in [1.807, 2.05) is 37.1 Å². The van der Waals surface area contributed by atoms with Crippen molar-refractivity contribution in [3.8, 4) is 28.5 Å². The van der Waals surface area contributed by atoms with Gasteiger partial charge in [0.15, 0.2) is 11.5 Å². The lowest BCUT2D eigenvalue weighted by Gasteiger charge is -2.31. The highest BCUT2D eigenvalue weighted by Gasteiger charge is 2.29. The number of aromatic nitrogens is 3. The zero-order valence-electron chi connectivity index (χ0n) is 21.2. The summed E-state index contributed by atoms with van der Waals surface area (Å²) >= 11 is 0. The first-order chi connectivity index (χ1) is 17.9. The molecule has 0 bridgehead atoms. The van der Waals surface area contributed by atoms with Crippen LogP contribution in [-0.2, 0) is 4.79 Å². The number of fused-ring (bicyclic) bond motifs is 1. The second-order valence-electron chi connectivity index (χ2n) is 9.21. The van der Waals surface area contributed by atoms with Crippen molar-refractivity contribution in [3.63, 3.8) is 0 Å². The fraction of sp³-hybridized carbons (Fsp3) is 0.276. The van der Waals surface area contributed by atoms with Crippen molar-refractivity contribution in [1.82, 2.24) is 19.3 Å². The predicted octanol–water partition coefficient (Wildman–Crippen LogP) is 5.85. The fourth-order valence-corrected chi connectivity index (χ4v) is 4.96. The van der Waals surface area contributed by atoms with Gasteiger partial charge < -0.3 is 14.4 Å². The minimum absolute atomic E-state index is 0.0524. The molecule has 2 aromatic carbocycles. The first-order valence-electron chi connectivity index (χ1n) is 12.3. The molecule has 1 amide bonds. The van der Waals surface area contributed by atoms with Gasteiger partial charge >= 0.3 is 0 Å². The molecule has 37 heavy (non-hydrogen) atoms. The minimum atomic E-state index is -0.549. The molecule has 0 radical (unpaired) electrons. The topological polar surface area (TPSA) is 69.0 Å². The summed E-state index contributed by atoms with van der Waals surface area (Å²) in [5.74, 6) is 1.13. The van der Waals surface area contributed by atoms with Crippen LogP contribution in [0.4, 0.5) is 4.39 Å². The van der Waals surface area contributed by atoms with Gasteiger partial charge in [-0.2, -0.15) is 4.39 Å². The lowest BCUT2D eigenvalue weighted by molar-refractivity contribution is -0.127. The monoisotopic (exact) mass is 500 g/mol. The molecule has 0 spiro atoms. The summed E-state index contributed by atoms with van der Waals surface area (Å²) in [6, 6.07) is 12.2. The molecule has 5 rings (SSSR count). The van der Waals surface area contributed by atoms with Crippen LogP contribution in [0.25, 0.3) is 16.8 Å². The highest BCUT2D eigenvalue weighted by Crippen LogP contribution is 2.36. The molecule has 8 heteroatoms. The molecule has 7 nitrogen and oxygen atoms in total. The number of amides is 1. The number of imidazole rings is 1. The molecule has 190 valence electrons. The van der Waals surface area contributed by atoms with Gasteiger partial charge in [0.2, 0.25) is 11.7 Å². The second kappa shape index (κ2) is 10.0. The molecule has 1 fully saturated rings. The van der Waals surface area contributed by atoms with Gasteiger partial charge in [-0.15, -0.1) is 0 Å². The molecule has 4 aromatic rings. The van der Waals surface area contributed by atoms with Gasteiger partial charge in [0.25, 0.3) is 0 Å². The average molecular weight is 501 g/mol. The maximum atomic E-state index is 14.5. The number of carbonyl (C=O) groups is 1. The standard InChI is InChI=1S/C29H29FN4O3/c1-5-25(35)33-15-7-8-21(17-33)29-32-27(28-19(3)31-16-18(2)34(28)29)20-11-13-22(14-12-20)37-24-10-6-9-23(36-4)26(24)30/h5-6,9-14,16,21H,1,7-8,15,17H2,2-4H3/t21-/m1/s1. The smallest absolute Gasteiger partial charge is 0.245 e. The van der Waals surface area contributed by atoms with Gasteiger partial charge in [0.1, 0.15) is 11.6 Å². The summed E-state index contributed by atoms with van der Waals surface area (Å²) < 4.78 is 27.5. The van der Waals surface area contributed by atoms with Crippen molar-refractivity contribution < 1.29 is 18.7 Å². The highest BCUT2D eigenvalue weighted by molar-refractivity contribution is 5.87. The predicted molar refractivity (Wildman–Crippen MR) is 140 cm³/mol. The van der Waals surface area contributed by atoms with Crippen LogP contribution in [0, 0.1) is 19.7 Å². The van der Waals surface area contributed by atoms with Crippen LogP contribution in [0.3, 0.4) is 0 Å². The van der Waals surface area contributed by atoms with E-state index in [0.717, 1.165) is 53.4 Å². The van der Waals surface area contributed by atoms with Gasteiger partial charge in [0.05, 0.1) is 24.0 Å². The number of carbonyl (C=O) groups excluding carboxylic acids is 1. The molecular formula is C29H29FN4O3. The van der Waals surface area contributed by atoms with E-state index in [-0.39, 0.29) is 23.3 Å². The van der Waals surface area contributed by atoms with Crippen LogP contribution >= 0.6 is 0 Å². The van der Waals surface area contributed by atoms with E-state index >= 15 is 0 Å². The molecule has 1 atom stereocenters. The van der Waals surface area contributed by atoms with Crippen molar-refractivity contribution in [2.45, 2.75) is 32.6 Å². The van der Waals surface area contributed by atoms with E-state index in [1.54, 1.807) is 30.3 Å². The van der Waals surface area contributed by atoms with Gasteiger partial charge in [0, 0.05) is 36.5 Å². The van der Waals surface area contributed by atoms with Crippen LogP contribution in [-0.4, -0.2) is 45.4 Å². The number of rotatable bonds is 6. The second-order valence-corrected chi connectivity index (χ2v) is 9.21. The lowest BCUT2D eigenvalue weighted by atomic mass is 9.97. The van der Waals surface area contributed by atoms with Crippen molar-refractivity contribution in [1.29, 1.82) is 0 Å². The van der Waals surface area contributed by atoms with Crippen molar-refractivity contribution in [3.05, 3.63) is 84.3 Å². The van der Waals surface area contributed by atoms with E-state index in [9.17, 15) is 9.18 Å². The first kappa shape index (κ1) is 24.5. The van der Waals surface area contributed by atoms with Gasteiger partial charge in [-0.1, -0.05) is 12.6 Å². The van der Waals surface area contributed by atoms with Gasteiger partial charge in [-0.05, 0) is 69.2 Å². The summed E-state index contributed by atoms with van der Waals surface area (Å²) in [5, 5.41) is 0. The summed E-state index contributed by atoms with van der Waals surface area (Å²) in [6.07, 6.45) is 5.08. The largest absolute Gasteiger partial charge is 0.494 e. The van der Waals surface area contributed by atoms with Gasteiger partial charge in [-0.25, -0.2) is 4.98 Å². The third-order valence-corrected chi connectivity index (χ3v) is 6.82. The van der Waals surface area contributed by atoms with E-state index in [4.69, 9.17) is 14.5 Å². The number of benzene rings is 2. The first-order valence-corrected chi connectivity index (χ1v) is 12.3. The molecule has 1 aliphatic rings. The SMILES string of the molecule is C=CC(=O)N1CCC[C@@H](c2nc(-c3ccc(Oc4cccc(OC)c4F)cc3)c3c(C)ncc(C)n23)C1. The third kappa shape index (κ3) is 4.55. The van der Waals surface area contributed by atoms with E-state index in [1.165, 1.54) is 13.2 Å². The Morgan fingerprint density at radius 3 is 2.65 bits per heavy atom. The van der Waals surface area contributed by atoms with Crippen LogP contribution in [0.15, 0.2) is 61.3 Å². The third-order valence-electron chi connectivity index (χ3n) is 6.82. The zero-order valence-corrected chi connectivity index (χ0v) is 21.2. The number of hydrogen-bond donors (Lipinski definition) is 0. The summed E-state index contributed by atoms with van der Waals surface area (Å²) in [5.41, 5.74) is 4.50. The van der Waals surface area contributed by atoms with Gasteiger partial charge in [-0.3, -0.25) is 14.2 Å². The number of nitrogens with zero attached hydrogens (tertiary/aromatic N) is 4. The Bertz CT molecular complexity index is 1480. The number of halogens is 1. The Balaban J connectivity index is 1.52. The fourth-order valence-electron chi connectivity index (χ4n) is 4.96. The Kier molecular flexibility index (Phi) is 6.65. The number of aryl methyl sites for hydroxylation is 2. The van der Waals surface area contributed by atoms with Crippen molar-refractivity contribution >= 4 is 11.4 Å². The number of hydrogen-bond acceptors (Lipinski definition) is 5. The zero-order chi connectivity index (χ0) is 26.1. The Morgan fingerprint density at radius 2 is 1.92 bits per heavy atom. The normalized spacial score (nSPS) is 15.6. The number of methoxy groups -OCH3 is 1. The molecule has 0 aliphatic carbocycles. The summed E-state index contributed by atoms with van der Waals surface area (Å²) in [6.45, 7) is 8.96. The number of piperidine rings is 1. The van der Waals surface area contributed by atoms with E-state index in [2.05, 4.69) is 16.0 Å². The molecule has 0 unspecified atom stereocenters. The average Bonchev–Trinajstić information content (AvgIpc) is 3.34. The molecule has 3 heterocycles. The summed E-state index contributed by atoms with van der Waals surface area (Å²) in [4.78, 5) is 23.9. The van der Waals surface area contributed by atoms with Crippen molar-refractivity contribution in [2.24, 2.45) is 0 Å². The Morgan fingerprint density at radius 1 is 1.16 bits per heavy atom. The molecule has 0 N–H and O–H groups in total.